The van der Waals surface area contributed by atoms with Crippen LogP contribution >= 0.6 is 11.3 Å². The number of benzene rings is 1. The van der Waals surface area contributed by atoms with Gasteiger partial charge in [0, 0.05) is 24.3 Å². The summed E-state index contributed by atoms with van der Waals surface area (Å²) in [7, 11) is 0. The summed E-state index contributed by atoms with van der Waals surface area (Å²) in [5.74, 6) is 0. The summed E-state index contributed by atoms with van der Waals surface area (Å²) in [5, 5.41) is 15.2. The Morgan fingerprint density at radius 1 is 1.35 bits per heavy atom. The summed E-state index contributed by atoms with van der Waals surface area (Å²) in [4.78, 5) is 5.53. The van der Waals surface area contributed by atoms with E-state index in [2.05, 4.69) is 10.3 Å². The third kappa shape index (κ3) is 2.47. The Morgan fingerprint density at radius 2 is 2.15 bits per heavy atom. The average molecular weight is 287 g/mol. The minimum absolute atomic E-state index is 0.0409. The molecule has 0 amide bonds. The van der Waals surface area contributed by atoms with Crippen LogP contribution in [0.1, 0.15) is 18.2 Å². The molecular formula is C15H17N3OS. The van der Waals surface area contributed by atoms with Gasteiger partial charge in [0.1, 0.15) is 0 Å². The number of imidazole rings is 1. The van der Waals surface area contributed by atoms with Crippen LogP contribution in [0.5, 0.6) is 0 Å². The zero-order valence-corrected chi connectivity index (χ0v) is 12.1. The second kappa shape index (κ2) is 5.36. The molecule has 0 aliphatic heterocycles. The Balaban J connectivity index is 1.76. The lowest BCUT2D eigenvalue weighted by Crippen LogP contribution is -2.42. The molecule has 3 aromatic rings. The third-order valence-electron chi connectivity index (χ3n) is 3.53. The van der Waals surface area contributed by atoms with Crippen LogP contribution < -0.4 is 5.32 Å². The first kappa shape index (κ1) is 13.3. The summed E-state index contributed by atoms with van der Waals surface area (Å²) in [5.41, 5.74) is 1.59. The molecule has 20 heavy (non-hydrogen) atoms. The van der Waals surface area contributed by atoms with Crippen LogP contribution in [0.2, 0.25) is 0 Å². The number of thiazole rings is 1. The van der Waals surface area contributed by atoms with Crippen LogP contribution in [0, 0.1) is 0 Å². The Bertz CT molecular complexity index is 663. The number of aliphatic hydroxyl groups excluding tert-OH is 1. The molecule has 0 saturated carbocycles. The Kier molecular flexibility index (Phi) is 3.56. The van der Waals surface area contributed by atoms with Crippen molar-refractivity contribution in [3.05, 3.63) is 59.4 Å². The monoisotopic (exact) mass is 287 g/mol. The quantitative estimate of drug-likeness (QED) is 0.757. The maximum Gasteiger partial charge on any atom is 0.193 e. The van der Waals surface area contributed by atoms with Gasteiger partial charge in [-0.25, -0.2) is 4.98 Å². The number of rotatable bonds is 5. The van der Waals surface area contributed by atoms with E-state index in [1.165, 1.54) is 0 Å². The van der Waals surface area contributed by atoms with Crippen molar-refractivity contribution in [2.45, 2.75) is 19.0 Å². The van der Waals surface area contributed by atoms with E-state index in [0.29, 0.717) is 6.54 Å². The predicted octanol–water partition coefficient (Wildman–Crippen LogP) is 2.39. The number of nitrogens with zero attached hydrogens (tertiary/aromatic N) is 2. The maximum atomic E-state index is 9.73. The molecule has 0 spiro atoms. The topological polar surface area (TPSA) is 49.6 Å². The van der Waals surface area contributed by atoms with E-state index in [1.54, 1.807) is 11.3 Å². The molecule has 4 nitrogen and oxygen atoms in total. The number of fused-ring (bicyclic) bond motifs is 1. The molecule has 0 aliphatic carbocycles. The molecular weight excluding hydrogens is 270 g/mol. The first-order chi connectivity index (χ1) is 9.71. The second-order valence-corrected chi connectivity index (χ2v) is 5.91. The predicted molar refractivity (Wildman–Crippen MR) is 80.8 cm³/mol. The van der Waals surface area contributed by atoms with Gasteiger partial charge in [-0.15, -0.1) is 11.3 Å². The molecule has 1 atom stereocenters. The molecule has 0 aliphatic rings. The molecule has 1 aromatic carbocycles. The van der Waals surface area contributed by atoms with Crippen molar-refractivity contribution < 1.29 is 5.11 Å². The van der Waals surface area contributed by atoms with Gasteiger partial charge in [-0.2, -0.15) is 0 Å². The summed E-state index contributed by atoms with van der Waals surface area (Å²) >= 11 is 1.62. The fraction of sp³-hybridized carbons (Fsp3) is 0.267. The van der Waals surface area contributed by atoms with E-state index in [9.17, 15) is 5.11 Å². The van der Waals surface area contributed by atoms with Crippen molar-refractivity contribution in [3.63, 3.8) is 0 Å². The van der Waals surface area contributed by atoms with Crippen LogP contribution in [0.4, 0.5) is 0 Å². The molecule has 3 rings (SSSR count). The lowest BCUT2D eigenvalue weighted by Gasteiger charge is -2.29. The van der Waals surface area contributed by atoms with Gasteiger partial charge in [-0.3, -0.25) is 9.72 Å². The van der Waals surface area contributed by atoms with E-state index in [4.69, 9.17) is 0 Å². The van der Waals surface area contributed by atoms with E-state index in [1.807, 2.05) is 59.4 Å². The third-order valence-corrected chi connectivity index (χ3v) is 4.30. The van der Waals surface area contributed by atoms with Gasteiger partial charge in [0.15, 0.2) is 4.96 Å². The van der Waals surface area contributed by atoms with Crippen LogP contribution in [0.15, 0.2) is 48.1 Å². The maximum absolute atomic E-state index is 9.73. The SMILES string of the molecule is CC(CO)(NCc1cn2ccsc2n1)c1ccccc1. The Labute approximate surface area is 121 Å². The zero-order valence-electron chi connectivity index (χ0n) is 11.3. The van der Waals surface area contributed by atoms with Crippen molar-refractivity contribution in [1.82, 2.24) is 14.7 Å². The molecule has 0 radical (unpaired) electrons. The van der Waals surface area contributed by atoms with Gasteiger partial charge in [0.2, 0.25) is 0 Å². The molecule has 104 valence electrons. The highest BCUT2D eigenvalue weighted by molar-refractivity contribution is 7.15. The largest absolute Gasteiger partial charge is 0.394 e. The molecule has 0 saturated heterocycles. The highest BCUT2D eigenvalue weighted by Crippen LogP contribution is 2.20. The van der Waals surface area contributed by atoms with E-state index in [0.717, 1.165) is 16.2 Å². The average Bonchev–Trinajstić information content (AvgIpc) is 3.07. The summed E-state index contributed by atoms with van der Waals surface area (Å²) in [6, 6.07) is 9.99. The fourth-order valence-electron chi connectivity index (χ4n) is 2.20. The van der Waals surface area contributed by atoms with Gasteiger partial charge in [0.05, 0.1) is 17.8 Å². The number of aliphatic hydroxyl groups is 1. The molecule has 5 heteroatoms. The molecule has 0 bridgehead atoms. The number of hydrogen-bond acceptors (Lipinski definition) is 4. The molecule has 2 aromatic heterocycles. The highest BCUT2D eigenvalue weighted by atomic mass is 32.1. The number of hydrogen-bond donors (Lipinski definition) is 2. The minimum Gasteiger partial charge on any atom is -0.394 e. The number of nitrogens with one attached hydrogen (secondary N) is 1. The standard InChI is InChI=1S/C15H17N3OS/c1-15(11-19,12-5-3-2-4-6-12)16-9-13-10-18-7-8-20-14(18)17-13/h2-8,10,16,19H,9,11H2,1H3. The van der Waals surface area contributed by atoms with Crippen LogP contribution in [0.3, 0.4) is 0 Å². The summed E-state index contributed by atoms with van der Waals surface area (Å²) < 4.78 is 2.01. The second-order valence-electron chi connectivity index (χ2n) is 5.03. The fourth-order valence-corrected chi connectivity index (χ4v) is 2.92. The highest BCUT2D eigenvalue weighted by Gasteiger charge is 2.25. The zero-order chi connectivity index (χ0) is 14.0. The summed E-state index contributed by atoms with van der Waals surface area (Å²) in [6.07, 6.45) is 4.01. The van der Waals surface area contributed by atoms with Crippen molar-refractivity contribution in [2.75, 3.05) is 6.61 Å². The Hall–Kier alpha value is -1.69. The van der Waals surface area contributed by atoms with Gasteiger partial charge in [-0.1, -0.05) is 30.3 Å². The van der Waals surface area contributed by atoms with Crippen molar-refractivity contribution in [3.8, 4) is 0 Å². The normalized spacial score (nSPS) is 14.5. The van der Waals surface area contributed by atoms with Crippen LogP contribution in [-0.2, 0) is 12.1 Å². The first-order valence-electron chi connectivity index (χ1n) is 6.54. The van der Waals surface area contributed by atoms with E-state index < -0.39 is 5.54 Å². The van der Waals surface area contributed by atoms with Crippen LogP contribution in [0.25, 0.3) is 4.96 Å². The van der Waals surface area contributed by atoms with E-state index >= 15 is 0 Å². The smallest absolute Gasteiger partial charge is 0.193 e. The molecule has 2 N–H and O–H groups in total. The molecule has 2 heterocycles. The van der Waals surface area contributed by atoms with Crippen molar-refractivity contribution in [1.29, 1.82) is 0 Å². The van der Waals surface area contributed by atoms with E-state index in [-0.39, 0.29) is 6.61 Å². The van der Waals surface area contributed by atoms with Crippen molar-refractivity contribution >= 4 is 16.3 Å². The molecule has 0 fully saturated rings. The van der Waals surface area contributed by atoms with Gasteiger partial charge < -0.3 is 5.11 Å². The Morgan fingerprint density at radius 3 is 2.85 bits per heavy atom. The molecule has 1 unspecified atom stereocenters. The van der Waals surface area contributed by atoms with Crippen molar-refractivity contribution in [2.24, 2.45) is 0 Å². The summed E-state index contributed by atoms with van der Waals surface area (Å²) in [6.45, 7) is 2.67. The minimum atomic E-state index is -0.460. The first-order valence-corrected chi connectivity index (χ1v) is 7.42. The van der Waals surface area contributed by atoms with Gasteiger partial charge in [0.25, 0.3) is 0 Å². The lowest BCUT2D eigenvalue weighted by atomic mass is 9.93. The number of aromatic nitrogens is 2. The van der Waals surface area contributed by atoms with Gasteiger partial charge >= 0.3 is 0 Å². The lowest BCUT2D eigenvalue weighted by molar-refractivity contribution is 0.173. The van der Waals surface area contributed by atoms with Gasteiger partial charge in [-0.05, 0) is 12.5 Å². The van der Waals surface area contributed by atoms with Crippen LogP contribution in [-0.4, -0.2) is 21.1 Å².